The van der Waals surface area contributed by atoms with Crippen molar-refractivity contribution in [2.45, 2.75) is 97.2 Å². The van der Waals surface area contributed by atoms with Gasteiger partial charge in [-0.25, -0.2) is 0 Å². The highest BCUT2D eigenvalue weighted by molar-refractivity contribution is 5.50. The van der Waals surface area contributed by atoms with E-state index in [4.69, 9.17) is 9.47 Å². The minimum absolute atomic E-state index is 0.265. The summed E-state index contributed by atoms with van der Waals surface area (Å²) >= 11 is 0. The maximum atomic E-state index is 6.70. The zero-order chi connectivity index (χ0) is 20.0. The molecule has 160 valence electrons. The van der Waals surface area contributed by atoms with E-state index in [9.17, 15) is 0 Å². The van der Waals surface area contributed by atoms with Crippen molar-refractivity contribution in [1.82, 2.24) is 0 Å². The number of hydrogen-bond donors (Lipinski definition) is 0. The quantitative estimate of drug-likeness (QED) is 0.438. The molecule has 1 saturated heterocycles. The van der Waals surface area contributed by atoms with Gasteiger partial charge in [-0.05, 0) is 85.4 Å². The maximum Gasteiger partial charge on any atom is 0.236 e. The molecule has 1 spiro atoms. The van der Waals surface area contributed by atoms with Gasteiger partial charge in [0.15, 0.2) is 0 Å². The Morgan fingerprint density at radius 3 is 2.59 bits per heavy atom. The summed E-state index contributed by atoms with van der Waals surface area (Å²) in [7, 11) is 0. The molecule has 29 heavy (non-hydrogen) atoms. The van der Waals surface area contributed by atoms with E-state index in [-0.39, 0.29) is 5.41 Å². The molecule has 4 aliphatic carbocycles. The predicted octanol–water partition coefficient (Wildman–Crippen LogP) is 7.01. The van der Waals surface area contributed by atoms with E-state index in [0.29, 0.717) is 11.3 Å². The van der Waals surface area contributed by atoms with E-state index < -0.39 is 5.79 Å². The van der Waals surface area contributed by atoms with Crippen LogP contribution in [-0.4, -0.2) is 12.4 Å². The summed E-state index contributed by atoms with van der Waals surface area (Å²) in [4.78, 5) is 0. The van der Waals surface area contributed by atoms with E-state index in [2.05, 4.69) is 27.4 Å². The van der Waals surface area contributed by atoms with Crippen LogP contribution < -0.4 is 0 Å². The van der Waals surface area contributed by atoms with Gasteiger partial charge in [-0.3, -0.25) is 0 Å². The number of hydrogen-bond acceptors (Lipinski definition) is 2. The van der Waals surface area contributed by atoms with Gasteiger partial charge in [-0.1, -0.05) is 40.2 Å². The Kier molecular flexibility index (Phi) is 4.02. The lowest BCUT2D eigenvalue weighted by molar-refractivity contribution is -0.213. The van der Waals surface area contributed by atoms with Crippen LogP contribution >= 0.6 is 0 Å². The maximum absolute atomic E-state index is 6.70. The average Bonchev–Trinajstić information content (AvgIpc) is 3.15. The third-order valence-electron chi connectivity index (χ3n) is 10.8. The van der Waals surface area contributed by atoms with Gasteiger partial charge in [0.25, 0.3) is 0 Å². The molecule has 0 aromatic heterocycles. The molecule has 0 N–H and O–H groups in total. The van der Waals surface area contributed by atoms with Crippen LogP contribution in [0.4, 0.5) is 0 Å². The fourth-order valence-electron chi connectivity index (χ4n) is 9.17. The van der Waals surface area contributed by atoms with E-state index in [1.807, 2.05) is 0 Å². The molecule has 2 heteroatoms. The fraction of sp³-hybridized carbons (Fsp3) is 0.852. The van der Waals surface area contributed by atoms with E-state index >= 15 is 0 Å². The van der Waals surface area contributed by atoms with Gasteiger partial charge in [0.1, 0.15) is 5.76 Å². The summed E-state index contributed by atoms with van der Waals surface area (Å²) in [6.45, 7) is 12.9. The minimum atomic E-state index is -0.519. The van der Waals surface area contributed by atoms with Crippen molar-refractivity contribution in [3.63, 3.8) is 0 Å². The van der Waals surface area contributed by atoms with Crippen LogP contribution in [-0.2, 0) is 9.47 Å². The third kappa shape index (κ3) is 2.39. The number of rotatable bonds is 0. The summed E-state index contributed by atoms with van der Waals surface area (Å²) < 4.78 is 13.0. The molecule has 3 saturated carbocycles. The summed E-state index contributed by atoms with van der Waals surface area (Å²) in [5, 5.41) is 0. The molecule has 0 aromatic carbocycles. The van der Waals surface area contributed by atoms with Crippen molar-refractivity contribution in [2.75, 3.05) is 6.61 Å². The molecule has 6 rings (SSSR count). The van der Waals surface area contributed by atoms with Crippen molar-refractivity contribution in [2.24, 2.45) is 40.4 Å². The van der Waals surface area contributed by atoms with Crippen LogP contribution in [0.3, 0.4) is 0 Å². The Hall–Kier alpha value is -0.760. The van der Waals surface area contributed by atoms with Crippen molar-refractivity contribution in [1.29, 1.82) is 0 Å². The average molecular weight is 397 g/mol. The lowest BCUT2D eigenvalue weighted by atomic mass is 9.44. The second-order valence-electron chi connectivity index (χ2n) is 12.1. The number of allylic oxidation sites excluding steroid dienone is 1. The summed E-state index contributed by atoms with van der Waals surface area (Å²) in [6.07, 6.45) is 14.9. The molecule has 2 aliphatic heterocycles. The first-order chi connectivity index (χ1) is 13.9. The standard InChI is InChI=1S/C27H40O2/c1-17-10-14-27(28-16-17)18(2)24-23(29-27)15-22-20-9-8-19-7-5-6-12-25(19,3)21(20)11-13-26(22,24)4/h17,19-22H,2,5-16H2,1,3-4H3/t17?,19?,20-,21+,22+,25+,26+,27-/m1/s1. The predicted molar refractivity (Wildman–Crippen MR) is 116 cm³/mol. The molecule has 0 radical (unpaired) electrons. The SMILES string of the molecule is C=C1C2=C(C[C@H]3[C@@H]4CCC5CCCC[C@]5(C)[C@H]4CC[C@]23C)O[C@]12CCC(C)CO2. The first-order valence-corrected chi connectivity index (χ1v) is 12.6. The van der Waals surface area contributed by atoms with Crippen LogP contribution in [0.5, 0.6) is 0 Å². The second kappa shape index (κ2) is 6.15. The molecule has 0 bridgehead atoms. The van der Waals surface area contributed by atoms with Crippen LogP contribution in [0.1, 0.15) is 91.4 Å². The zero-order valence-corrected chi connectivity index (χ0v) is 18.9. The highest BCUT2D eigenvalue weighted by atomic mass is 16.7. The molecule has 2 nitrogen and oxygen atoms in total. The Morgan fingerprint density at radius 1 is 0.931 bits per heavy atom. The van der Waals surface area contributed by atoms with Crippen LogP contribution in [0.25, 0.3) is 0 Å². The molecule has 6 aliphatic rings. The molecule has 0 aromatic rings. The van der Waals surface area contributed by atoms with Crippen molar-refractivity contribution in [3.8, 4) is 0 Å². The smallest absolute Gasteiger partial charge is 0.236 e. The molecular formula is C27H40O2. The monoisotopic (exact) mass is 396 g/mol. The topological polar surface area (TPSA) is 18.5 Å². The first kappa shape index (κ1) is 19.0. The minimum Gasteiger partial charge on any atom is -0.462 e. The Labute approximate surface area is 177 Å². The normalized spacial score (nSPS) is 53.9. The van der Waals surface area contributed by atoms with Crippen molar-refractivity contribution < 1.29 is 9.47 Å². The van der Waals surface area contributed by atoms with Crippen molar-refractivity contribution >= 4 is 0 Å². The Morgan fingerprint density at radius 2 is 1.79 bits per heavy atom. The van der Waals surface area contributed by atoms with Gasteiger partial charge in [0.2, 0.25) is 5.79 Å². The van der Waals surface area contributed by atoms with Gasteiger partial charge in [-0.2, -0.15) is 0 Å². The van der Waals surface area contributed by atoms with Gasteiger partial charge in [-0.15, -0.1) is 0 Å². The lowest BCUT2D eigenvalue weighted by Crippen LogP contribution is -2.53. The number of ether oxygens (including phenoxy) is 2. The van der Waals surface area contributed by atoms with E-state index in [1.165, 1.54) is 74.7 Å². The molecule has 4 fully saturated rings. The second-order valence-corrected chi connectivity index (χ2v) is 12.1. The summed E-state index contributed by atoms with van der Waals surface area (Å²) in [5.74, 6) is 4.98. The molecule has 8 atom stereocenters. The van der Waals surface area contributed by atoms with Crippen molar-refractivity contribution in [3.05, 3.63) is 23.5 Å². The highest BCUT2D eigenvalue weighted by Crippen LogP contribution is 2.70. The van der Waals surface area contributed by atoms with Gasteiger partial charge < -0.3 is 9.47 Å². The molecule has 0 amide bonds. The van der Waals surface area contributed by atoms with Crippen LogP contribution in [0.15, 0.2) is 23.5 Å². The number of fused-ring (bicyclic) bond motifs is 6. The molecule has 2 unspecified atom stereocenters. The Bertz CT molecular complexity index is 756. The van der Waals surface area contributed by atoms with Crippen LogP contribution in [0, 0.1) is 40.4 Å². The third-order valence-corrected chi connectivity index (χ3v) is 10.8. The van der Waals surface area contributed by atoms with Crippen LogP contribution in [0.2, 0.25) is 0 Å². The fourth-order valence-corrected chi connectivity index (χ4v) is 9.17. The summed E-state index contributed by atoms with van der Waals surface area (Å²) in [5.41, 5.74) is 3.56. The largest absolute Gasteiger partial charge is 0.462 e. The Balaban J connectivity index is 1.29. The highest BCUT2D eigenvalue weighted by Gasteiger charge is 2.63. The lowest BCUT2D eigenvalue weighted by Gasteiger charge is -2.60. The molecule has 2 heterocycles. The van der Waals surface area contributed by atoms with Gasteiger partial charge in [0, 0.05) is 24.0 Å². The summed E-state index contributed by atoms with van der Waals surface area (Å²) in [6, 6.07) is 0. The zero-order valence-electron chi connectivity index (χ0n) is 18.9. The van der Waals surface area contributed by atoms with Gasteiger partial charge >= 0.3 is 0 Å². The molecular weight excluding hydrogens is 356 g/mol. The van der Waals surface area contributed by atoms with E-state index in [1.54, 1.807) is 0 Å². The van der Waals surface area contributed by atoms with Gasteiger partial charge in [0.05, 0.1) is 6.61 Å². The first-order valence-electron chi connectivity index (χ1n) is 12.6. The van der Waals surface area contributed by atoms with E-state index in [0.717, 1.165) is 43.1 Å².